The molecule has 0 saturated carbocycles. The topological polar surface area (TPSA) is 97.8 Å². The molecule has 0 aliphatic carbocycles. The van der Waals surface area contributed by atoms with E-state index in [0.717, 1.165) is 26.6 Å². The smallest absolute Gasteiger partial charge is 0.333 e. The molecule has 3 aromatic rings. The van der Waals surface area contributed by atoms with Crippen molar-refractivity contribution in [1.82, 2.24) is 10.3 Å². The number of carbonyl (C=O) groups is 2. The van der Waals surface area contributed by atoms with Gasteiger partial charge in [0.1, 0.15) is 16.5 Å². The minimum Gasteiger partial charge on any atom is -0.496 e. The fraction of sp³-hybridized carbons (Fsp3) is 0.370. The van der Waals surface area contributed by atoms with Gasteiger partial charge < -0.3 is 19.9 Å². The van der Waals surface area contributed by atoms with Crippen molar-refractivity contribution in [2.75, 3.05) is 7.11 Å². The van der Waals surface area contributed by atoms with E-state index in [-0.39, 0.29) is 25.0 Å². The van der Waals surface area contributed by atoms with Crippen LogP contribution in [0.4, 0.5) is 0 Å². The Morgan fingerprint density at radius 3 is 2.46 bits per heavy atom. The Labute approximate surface area is 210 Å². The van der Waals surface area contributed by atoms with Crippen LogP contribution in [0.1, 0.15) is 52.8 Å². The lowest BCUT2D eigenvalue weighted by atomic mass is 10.0. The van der Waals surface area contributed by atoms with Gasteiger partial charge >= 0.3 is 5.97 Å². The molecule has 1 amide bonds. The van der Waals surface area contributed by atoms with Gasteiger partial charge in [-0.25, -0.2) is 9.78 Å². The van der Waals surface area contributed by atoms with Crippen LogP contribution in [0.15, 0.2) is 42.5 Å². The van der Waals surface area contributed by atoms with Crippen LogP contribution >= 0.6 is 11.3 Å². The molecule has 0 aliphatic heterocycles. The lowest BCUT2D eigenvalue weighted by Gasteiger charge is -2.18. The second-order valence-corrected chi connectivity index (χ2v) is 9.64. The molecule has 35 heavy (non-hydrogen) atoms. The average Bonchev–Trinajstić information content (AvgIpc) is 3.27. The van der Waals surface area contributed by atoms with Crippen molar-refractivity contribution in [3.63, 3.8) is 0 Å². The van der Waals surface area contributed by atoms with Crippen LogP contribution < -0.4 is 10.1 Å². The first-order valence-corrected chi connectivity index (χ1v) is 12.4. The van der Waals surface area contributed by atoms with Crippen LogP contribution in [0.25, 0.3) is 10.6 Å². The molecule has 0 saturated heterocycles. The normalized spacial score (nSPS) is 11.9. The number of aryl methyl sites for hydroxylation is 2. The summed E-state index contributed by atoms with van der Waals surface area (Å²) in [6, 6.07) is 13.5. The van der Waals surface area contributed by atoms with Crippen molar-refractivity contribution in [3.05, 3.63) is 69.7 Å². The number of hydrogen-bond acceptors (Lipinski definition) is 6. The highest BCUT2D eigenvalue weighted by molar-refractivity contribution is 7.15. The number of carboxylic acid groups (broad SMARTS) is 1. The molecule has 1 unspecified atom stereocenters. The molecule has 1 atom stereocenters. The van der Waals surface area contributed by atoms with Gasteiger partial charge in [0.2, 0.25) is 0 Å². The Hall–Kier alpha value is -3.23. The number of thiazole rings is 1. The molecule has 0 bridgehead atoms. The van der Waals surface area contributed by atoms with Crippen molar-refractivity contribution >= 4 is 23.2 Å². The van der Waals surface area contributed by atoms with Crippen molar-refractivity contribution in [3.8, 4) is 16.3 Å². The minimum absolute atomic E-state index is 0.205. The van der Waals surface area contributed by atoms with Crippen molar-refractivity contribution < 1.29 is 24.2 Å². The molecule has 1 heterocycles. The molecular formula is C27H32N2O5S. The number of aromatic nitrogens is 1. The first-order valence-electron chi connectivity index (χ1n) is 11.6. The van der Waals surface area contributed by atoms with Gasteiger partial charge in [-0.15, -0.1) is 11.3 Å². The number of aliphatic carboxylic acids is 1. The highest BCUT2D eigenvalue weighted by Crippen LogP contribution is 2.29. The van der Waals surface area contributed by atoms with E-state index in [4.69, 9.17) is 9.47 Å². The third-order valence-corrected chi connectivity index (χ3v) is 6.70. The number of rotatable bonds is 11. The predicted octanol–water partition coefficient (Wildman–Crippen LogP) is 5.04. The third kappa shape index (κ3) is 6.90. The second-order valence-electron chi connectivity index (χ2n) is 8.56. The van der Waals surface area contributed by atoms with E-state index in [1.54, 1.807) is 27.0 Å². The fourth-order valence-corrected chi connectivity index (χ4v) is 4.68. The summed E-state index contributed by atoms with van der Waals surface area (Å²) >= 11 is 1.53. The van der Waals surface area contributed by atoms with Gasteiger partial charge in [-0.1, -0.05) is 48.9 Å². The molecule has 8 heteroatoms. The number of benzene rings is 2. The molecule has 0 aliphatic rings. The van der Waals surface area contributed by atoms with E-state index in [0.29, 0.717) is 17.9 Å². The SMILES string of the molecule is CCc1sc(-c2ccc(C)cc2)nc1C(=O)NCc1cc(CC(OC(C)C)C(=O)O)ccc1OC. The predicted molar refractivity (Wildman–Crippen MR) is 137 cm³/mol. The van der Waals surface area contributed by atoms with Crippen molar-refractivity contribution in [2.45, 2.75) is 59.3 Å². The van der Waals surface area contributed by atoms with Crippen LogP contribution in [0, 0.1) is 6.92 Å². The molecule has 1 aromatic heterocycles. The van der Waals surface area contributed by atoms with Gasteiger partial charge in [0.05, 0.1) is 13.2 Å². The Morgan fingerprint density at radius 2 is 1.86 bits per heavy atom. The number of nitrogens with zero attached hydrogens (tertiary/aromatic N) is 1. The Morgan fingerprint density at radius 1 is 1.14 bits per heavy atom. The van der Waals surface area contributed by atoms with E-state index >= 15 is 0 Å². The maximum atomic E-state index is 13.1. The summed E-state index contributed by atoms with van der Waals surface area (Å²) in [5, 5.41) is 13.3. The molecule has 3 rings (SSSR count). The standard InChI is InChI=1S/C27H32N2O5S/c1-6-23-24(29-26(35-23)19-10-7-17(4)8-11-19)25(30)28-15-20-13-18(9-12-21(20)33-5)14-22(27(31)32)34-16(2)3/h7-13,16,22H,6,14-15H2,1-5H3,(H,28,30)(H,31,32). The van der Waals surface area contributed by atoms with Crippen molar-refractivity contribution in [2.24, 2.45) is 0 Å². The highest BCUT2D eigenvalue weighted by atomic mass is 32.1. The zero-order valence-corrected chi connectivity index (χ0v) is 21.6. The zero-order valence-electron chi connectivity index (χ0n) is 20.8. The Kier molecular flexibility index (Phi) is 9.01. The number of carboxylic acids is 1. The van der Waals surface area contributed by atoms with Crippen LogP contribution in [0.3, 0.4) is 0 Å². The lowest BCUT2D eigenvalue weighted by molar-refractivity contribution is -0.153. The quantitative estimate of drug-likeness (QED) is 0.386. The second kappa shape index (κ2) is 12.0. The summed E-state index contributed by atoms with van der Waals surface area (Å²) in [6.07, 6.45) is -0.237. The van der Waals surface area contributed by atoms with Crippen LogP contribution in [0.5, 0.6) is 5.75 Å². The minimum atomic E-state index is -1.01. The van der Waals surface area contributed by atoms with E-state index in [2.05, 4.69) is 10.3 Å². The van der Waals surface area contributed by atoms with Gasteiger partial charge in [0.25, 0.3) is 5.91 Å². The molecule has 0 fully saturated rings. The van der Waals surface area contributed by atoms with Crippen LogP contribution in [0.2, 0.25) is 0 Å². The summed E-state index contributed by atoms with van der Waals surface area (Å²) in [6.45, 7) is 7.87. The largest absolute Gasteiger partial charge is 0.496 e. The zero-order chi connectivity index (χ0) is 25.5. The number of methoxy groups -OCH3 is 1. The summed E-state index contributed by atoms with van der Waals surface area (Å²) < 4.78 is 11.0. The van der Waals surface area contributed by atoms with Gasteiger partial charge in [0.15, 0.2) is 6.10 Å². The molecule has 2 N–H and O–H groups in total. The van der Waals surface area contributed by atoms with E-state index in [9.17, 15) is 14.7 Å². The molecule has 186 valence electrons. The lowest BCUT2D eigenvalue weighted by Crippen LogP contribution is -2.29. The summed E-state index contributed by atoms with van der Waals surface area (Å²) in [5.74, 6) is -0.653. The summed E-state index contributed by atoms with van der Waals surface area (Å²) in [4.78, 5) is 30.2. The van der Waals surface area contributed by atoms with E-state index < -0.39 is 12.1 Å². The molecule has 2 aromatic carbocycles. The van der Waals surface area contributed by atoms with Gasteiger partial charge in [-0.05, 0) is 38.8 Å². The first-order chi connectivity index (χ1) is 16.7. The monoisotopic (exact) mass is 496 g/mol. The van der Waals surface area contributed by atoms with Gasteiger partial charge in [-0.2, -0.15) is 0 Å². The molecule has 0 spiro atoms. The number of nitrogens with one attached hydrogen (secondary N) is 1. The Bertz CT molecular complexity index is 1170. The summed E-state index contributed by atoms with van der Waals surface area (Å²) in [5.41, 5.74) is 4.12. The highest BCUT2D eigenvalue weighted by Gasteiger charge is 2.22. The number of amides is 1. The Balaban J connectivity index is 1.77. The maximum absolute atomic E-state index is 13.1. The van der Waals surface area contributed by atoms with E-state index in [1.165, 1.54) is 16.9 Å². The number of hydrogen-bond donors (Lipinski definition) is 2. The average molecular weight is 497 g/mol. The number of ether oxygens (including phenoxy) is 2. The van der Waals surface area contributed by atoms with Crippen molar-refractivity contribution in [1.29, 1.82) is 0 Å². The fourth-order valence-electron chi connectivity index (χ4n) is 3.68. The van der Waals surface area contributed by atoms with Crippen LogP contribution in [-0.2, 0) is 28.9 Å². The molecular weight excluding hydrogens is 464 g/mol. The van der Waals surface area contributed by atoms with Crippen LogP contribution in [-0.4, -0.2) is 41.3 Å². The maximum Gasteiger partial charge on any atom is 0.333 e. The molecule has 7 nitrogen and oxygen atoms in total. The summed E-state index contributed by atoms with van der Waals surface area (Å²) in [7, 11) is 1.56. The van der Waals surface area contributed by atoms with Gasteiger partial charge in [-0.3, -0.25) is 4.79 Å². The molecule has 0 radical (unpaired) electrons. The number of carbonyl (C=O) groups excluding carboxylic acids is 1. The van der Waals surface area contributed by atoms with E-state index in [1.807, 2.05) is 50.2 Å². The first kappa shape index (κ1) is 26.4. The van der Waals surface area contributed by atoms with Gasteiger partial charge in [0, 0.05) is 29.0 Å². The third-order valence-electron chi connectivity index (χ3n) is 5.45.